The Labute approximate surface area is 169 Å². The second-order valence-corrected chi connectivity index (χ2v) is 8.56. The van der Waals surface area contributed by atoms with E-state index in [-0.39, 0.29) is 0 Å². The Hall–Kier alpha value is -1.84. The highest BCUT2D eigenvalue weighted by Crippen LogP contribution is 2.29. The van der Waals surface area contributed by atoms with Crippen molar-refractivity contribution >= 4 is 0 Å². The number of hydrogen-bond donors (Lipinski definition) is 1. The molecule has 0 unspecified atom stereocenters. The molecule has 4 rings (SSSR count). The second kappa shape index (κ2) is 9.58. The molecule has 1 fully saturated rings. The summed E-state index contributed by atoms with van der Waals surface area (Å²) in [7, 11) is 0. The largest absolute Gasteiger partial charge is 0.491 e. The van der Waals surface area contributed by atoms with Crippen molar-refractivity contribution in [2.75, 3.05) is 19.7 Å². The van der Waals surface area contributed by atoms with Crippen LogP contribution in [0.3, 0.4) is 0 Å². The minimum absolute atomic E-state index is 0.351. The Morgan fingerprint density at radius 2 is 1.86 bits per heavy atom. The molecule has 150 valence electrons. The van der Waals surface area contributed by atoms with Crippen LogP contribution in [0.25, 0.3) is 0 Å². The molecule has 1 aliphatic carbocycles. The first-order valence-electron chi connectivity index (χ1n) is 11.0. The summed E-state index contributed by atoms with van der Waals surface area (Å²) < 4.78 is 5.91. The minimum atomic E-state index is -0.465. The number of aryl methyl sites for hydroxylation is 1. The monoisotopic (exact) mass is 379 g/mol. The van der Waals surface area contributed by atoms with Gasteiger partial charge < -0.3 is 9.84 Å². The average molecular weight is 380 g/mol. The summed E-state index contributed by atoms with van der Waals surface area (Å²) in [4.78, 5) is 2.33. The van der Waals surface area contributed by atoms with Crippen molar-refractivity contribution in [3.8, 4) is 5.75 Å². The molecule has 0 spiro atoms. The van der Waals surface area contributed by atoms with E-state index in [1.165, 1.54) is 48.8 Å². The summed E-state index contributed by atoms with van der Waals surface area (Å²) in [5.74, 6) is 1.80. The lowest BCUT2D eigenvalue weighted by Crippen LogP contribution is -2.38. The van der Waals surface area contributed by atoms with Crippen molar-refractivity contribution in [1.82, 2.24) is 4.90 Å². The number of nitrogens with zero attached hydrogens (tertiary/aromatic N) is 1. The normalized spacial score (nSPS) is 18.8. The quantitative estimate of drug-likeness (QED) is 0.727. The smallest absolute Gasteiger partial charge is 0.119 e. The van der Waals surface area contributed by atoms with E-state index in [0.717, 1.165) is 37.6 Å². The summed E-state index contributed by atoms with van der Waals surface area (Å²) in [5, 5.41) is 10.5. The van der Waals surface area contributed by atoms with Gasteiger partial charge in [0.2, 0.25) is 0 Å². The van der Waals surface area contributed by atoms with E-state index in [4.69, 9.17) is 4.74 Å². The van der Waals surface area contributed by atoms with Crippen LogP contribution in [0.15, 0.2) is 48.5 Å². The molecule has 3 heteroatoms. The van der Waals surface area contributed by atoms with Crippen LogP contribution >= 0.6 is 0 Å². The first-order valence-corrected chi connectivity index (χ1v) is 11.0. The van der Waals surface area contributed by atoms with E-state index < -0.39 is 6.10 Å². The van der Waals surface area contributed by atoms with Crippen LogP contribution in [-0.2, 0) is 19.4 Å². The SMILES string of the molecule is O[C@@H](COc1cccc(CCC2CCCC2)c1)CN1CCc2ccccc2C1. The molecule has 0 amide bonds. The zero-order valence-electron chi connectivity index (χ0n) is 16.9. The van der Waals surface area contributed by atoms with Crippen LogP contribution in [0.1, 0.15) is 48.8 Å². The second-order valence-electron chi connectivity index (χ2n) is 8.56. The number of rotatable bonds is 8. The van der Waals surface area contributed by atoms with Crippen molar-refractivity contribution in [3.63, 3.8) is 0 Å². The van der Waals surface area contributed by atoms with Crippen LogP contribution in [0.5, 0.6) is 5.75 Å². The third-order valence-electron chi connectivity index (χ3n) is 6.34. The highest BCUT2D eigenvalue weighted by Gasteiger charge is 2.19. The maximum Gasteiger partial charge on any atom is 0.119 e. The lowest BCUT2D eigenvalue weighted by molar-refractivity contribution is 0.0637. The van der Waals surface area contributed by atoms with E-state index >= 15 is 0 Å². The number of fused-ring (bicyclic) bond motifs is 1. The first-order chi connectivity index (χ1) is 13.8. The molecule has 0 bridgehead atoms. The van der Waals surface area contributed by atoms with Crippen molar-refractivity contribution in [2.45, 2.75) is 57.6 Å². The third kappa shape index (κ3) is 5.36. The molecule has 0 radical (unpaired) electrons. The van der Waals surface area contributed by atoms with Gasteiger partial charge in [0.05, 0.1) is 0 Å². The maximum absolute atomic E-state index is 10.5. The molecule has 0 saturated heterocycles. The lowest BCUT2D eigenvalue weighted by atomic mass is 9.98. The average Bonchev–Trinajstić information content (AvgIpc) is 3.25. The molecule has 28 heavy (non-hydrogen) atoms. The molecule has 1 aliphatic heterocycles. The van der Waals surface area contributed by atoms with Gasteiger partial charge in [0, 0.05) is 19.6 Å². The predicted molar refractivity (Wildman–Crippen MR) is 114 cm³/mol. The fourth-order valence-electron chi connectivity index (χ4n) is 4.71. The van der Waals surface area contributed by atoms with Crippen molar-refractivity contribution < 1.29 is 9.84 Å². The fourth-order valence-corrected chi connectivity index (χ4v) is 4.71. The van der Waals surface area contributed by atoms with Crippen molar-refractivity contribution in [1.29, 1.82) is 0 Å². The van der Waals surface area contributed by atoms with Crippen molar-refractivity contribution in [2.24, 2.45) is 5.92 Å². The molecule has 2 aliphatic rings. The van der Waals surface area contributed by atoms with Gasteiger partial charge in [-0.2, -0.15) is 0 Å². The van der Waals surface area contributed by atoms with Crippen molar-refractivity contribution in [3.05, 3.63) is 65.2 Å². The molecule has 0 aromatic heterocycles. The third-order valence-corrected chi connectivity index (χ3v) is 6.34. The Bertz CT molecular complexity index is 754. The molecule has 3 nitrogen and oxygen atoms in total. The molecule has 2 aromatic rings. The minimum Gasteiger partial charge on any atom is -0.491 e. The highest BCUT2D eigenvalue weighted by molar-refractivity contribution is 5.29. The Morgan fingerprint density at radius 3 is 2.71 bits per heavy atom. The zero-order valence-corrected chi connectivity index (χ0v) is 16.9. The Balaban J connectivity index is 1.22. The van der Waals surface area contributed by atoms with Gasteiger partial charge in [0.1, 0.15) is 18.5 Å². The summed E-state index contributed by atoms with van der Waals surface area (Å²) in [5.41, 5.74) is 4.18. The van der Waals surface area contributed by atoms with Gasteiger partial charge in [-0.1, -0.05) is 62.1 Å². The number of β-amino-alcohol motifs (C(OH)–C–C–N with tert-alkyl or cyclic N) is 1. The number of hydrogen-bond acceptors (Lipinski definition) is 3. The molecule has 1 heterocycles. The standard InChI is InChI=1S/C25H33NO2/c27-24(18-26-15-14-22-9-3-4-10-23(22)17-26)19-28-25-11-5-8-21(16-25)13-12-20-6-1-2-7-20/h3-5,8-11,16,20,24,27H,1-2,6-7,12-15,17-19H2/t24-/m1/s1. The van der Waals surface area contributed by atoms with Crippen LogP contribution < -0.4 is 4.74 Å². The van der Waals surface area contributed by atoms with E-state index in [0.29, 0.717) is 13.2 Å². The van der Waals surface area contributed by atoms with Gasteiger partial charge in [-0.25, -0.2) is 0 Å². The Kier molecular flexibility index (Phi) is 6.66. The topological polar surface area (TPSA) is 32.7 Å². The van der Waals surface area contributed by atoms with Crippen LogP contribution in [0.4, 0.5) is 0 Å². The molecular formula is C25H33NO2. The van der Waals surface area contributed by atoms with E-state index in [2.05, 4.69) is 47.4 Å². The molecule has 1 saturated carbocycles. The van der Waals surface area contributed by atoms with Gasteiger partial charge in [0.25, 0.3) is 0 Å². The van der Waals surface area contributed by atoms with E-state index in [1.807, 2.05) is 6.07 Å². The summed E-state index contributed by atoms with van der Waals surface area (Å²) in [6, 6.07) is 17.0. The molecule has 1 N–H and O–H groups in total. The highest BCUT2D eigenvalue weighted by atomic mass is 16.5. The van der Waals surface area contributed by atoms with Gasteiger partial charge >= 0.3 is 0 Å². The maximum atomic E-state index is 10.5. The van der Waals surface area contributed by atoms with E-state index in [1.54, 1.807) is 0 Å². The number of aliphatic hydroxyl groups excluding tert-OH is 1. The number of ether oxygens (including phenoxy) is 1. The van der Waals surface area contributed by atoms with Gasteiger partial charge in [-0.15, -0.1) is 0 Å². The zero-order chi connectivity index (χ0) is 19.2. The first kappa shape index (κ1) is 19.5. The number of benzene rings is 2. The summed E-state index contributed by atoms with van der Waals surface area (Å²) >= 11 is 0. The molecular weight excluding hydrogens is 346 g/mol. The van der Waals surface area contributed by atoms with Crippen LogP contribution in [-0.4, -0.2) is 35.8 Å². The molecule has 1 atom stereocenters. The van der Waals surface area contributed by atoms with E-state index in [9.17, 15) is 5.11 Å². The van der Waals surface area contributed by atoms with Crippen LogP contribution in [0, 0.1) is 5.92 Å². The van der Waals surface area contributed by atoms with Crippen LogP contribution in [0.2, 0.25) is 0 Å². The van der Waals surface area contributed by atoms with Gasteiger partial charge in [-0.3, -0.25) is 4.90 Å². The number of aliphatic hydroxyl groups is 1. The molecule has 2 aromatic carbocycles. The van der Waals surface area contributed by atoms with Gasteiger partial charge in [0.15, 0.2) is 0 Å². The van der Waals surface area contributed by atoms with Gasteiger partial charge in [-0.05, 0) is 54.0 Å². The lowest BCUT2D eigenvalue weighted by Gasteiger charge is -2.30. The fraction of sp³-hybridized carbons (Fsp3) is 0.520. The Morgan fingerprint density at radius 1 is 1.04 bits per heavy atom. The summed E-state index contributed by atoms with van der Waals surface area (Å²) in [6.45, 7) is 2.94. The predicted octanol–water partition coefficient (Wildman–Crippen LogP) is 4.61. The summed E-state index contributed by atoms with van der Waals surface area (Å²) in [6.07, 6.45) is 8.66.